The molecule has 0 aliphatic carbocycles. The number of hydrogen-bond donors (Lipinski definition) is 2. The number of rotatable bonds is 4. The van der Waals surface area contributed by atoms with Crippen molar-refractivity contribution >= 4 is 23.2 Å². The molecule has 3 aromatic rings. The average molecular weight is 332 g/mol. The fourth-order valence-corrected chi connectivity index (χ4v) is 2.59. The largest absolute Gasteiger partial charge is 0.324 e. The average Bonchev–Trinajstić information content (AvgIpc) is 2.56. The van der Waals surface area contributed by atoms with Crippen LogP contribution in [0.2, 0.25) is 0 Å². The van der Waals surface area contributed by atoms with Gasteiger partial charge in [0.15, 0.2) is 0 Å². The Morgan fingerprint density at radius 3 is 2.20 bits per heavy atom. The second-order valence-corrected chi connectivity index (χ2v) is 6.07. The van der Waals surface area contributed by atoms with Gasteiger partial charge in [0, 0.05) is 23.8 Å². The minimum atomic E-state index is -0.229. The Hall–Kier alpha value is -3.21. The highest BCUT2D eigenvalue weighted by Gasteiger charge is 2.09. The van der Waals surface area contributed by atoms with Crippen LogP contribution in [0.1, 0.15) is 27.0 Å². The molecule has 126 valence electrons. The normalized spacial score (nSPS) is 10.4. The molecule has 2 aromatic carbocycles. The second-order valence-electron chi connectivity index (χ2n) is 6.07. The van der Waals surface area contributed by atoms with Crippen LogP contribution >= 0.6 is 0 Å². The molecule has 1 aromatic heterocycles. The highest BCUT2D eigenvalue weighted by atomic mass is 16.1. The summed E-state index contributed by atoms with van der Waals surface area (Å²) in [6, 6.07) is 13.8. The number of nitrogens with zero attached hydrogens (tertiary/aromatic N) is 2. The Kier molecular flexibility index (Phi) is 4.75. The van der Waals surface area contributed by atoms with Crippen LogP contribution in [0.4, 0.5) is 17.3 Å². The first-order chi connectivity index (χ1) is 12.0. The SMILES string of the molecule is Cc1cc(C)cc(NC(=O)c2cnc(Nc3ccccc3C)nc2)c1. The molecule has 0 aliphatic heterocycles. The number of carbonyl (C=O) groups excluding carboxylic acids is 1. The fraction of sp³-hybridized carbons (Fsp3) is 0.150. The molecule has 25 heavy (non-hydrogen) atoms. The van der Waals surface area contributed by atoms with E-state index in [2.05, 4.69) is 26.7 Å². The van der Waals surface area contributed by atoms with Gasteiger partial charge in [-0.15, -0.1) is 0 Å². The smallest absolute Gasteiger partial charge is 0.258 e. The zero-order valence-electron chi connectivity index (χ0n) is 14.5. The van der Waals surface area contributed by atoms with Crippen molar-refractivity contribution in [1.82, 2.24) is 9.97 Å². The Morgan fingerprint density at radius 2 is 1.56 bits per heavy atom. The molecule has 0 saturated carbocycles. The van der Waals surface area contributed by atoms with Gasteiger partial charge in [0.1, 0.15) is 0 Å². The summed E-state index contributed by atoms with van der Waals surface area (Å²) in [4.78, 5) is 20.8. The monoisotopic (exact) mass is 332 g/mol. The van der Waals surface area contributed by atoms with E-state index in [1.54, 1.807) is 0 Å². The maximum absolute atomic E-state index is 12.3. The number of hydrogen-bond acceptors (Lipinski definition) is 4. The van der Waals surface area contributed by atoms with Crippen molar-refractivity contribution in [2.24, 2.45) is 0 Å². The van der Waals surface area contributed by atoms with Gasteiger partial charge >= 0.3 is 0 Å². The van der Waals surface area contributed by atoms with E-state index in [0.717, 1.165) is 28.1 Å². The van der Waals surface area contributed by atoms with E-state index >= 15 is 0 Å². The van der Waals surface area contributed by atoms with E-state index in [9.17, 15) is 4.79 Å². The van der Waals surface area contributed by atoms with E-state index in [4.69, 9.17) is 0 Å². The molecule has 0 unspecified atom stereocenters. The molecule has 0 aliphatic rings. The van der Waals surface area contributed by atoms with Crippen molar-refractivity contribution < 1.29 is 4.79 Å². The lowest BCUT2D eigenvalue weighted by molar-refractivity contribution is 0.102. The number of amides is 1. The van der Waals surface area contributed by atoms with E-state index in [0.29, 0.717) is 11.5 Å². The molecule has 0 atom stereocenters. The first-order valence-electron chi connectivity index (χ1n) is 8.05. The van der Waals surface area contributed by atoms with Crippen molar-refractivity contribution in [2.75, 3.05) is 10.6 Å². The topological polar surface area (TPSA) is 66.9 Å². The summed E-state index contributed by atoms with van der Waals surface area (Å²) in [6.07, 6.45) is 3.04. The van der Waals surface area contributed by atoms with Gasteiger partial charge in [-0.1, -0.05) is 24.3 Å². The molecule has 0 bridgehead atoms. The van der Waals surface area contributed by atoms with Crippen LogP contribution in [0.15, 0.2) is 54.9 Å². The first-order valence-corrected chi connectivity index (χ1v) is 8.05. The molecule has 0 fully saturated rings. The standard InChI is InChI=1S/C20H20N4O/c1-13-8-14(2)10-17(9-13)23-19(25)16-11-21-20(22-12-16)24-18-7-5-4-6-15(18)3/h4-12H,1-3H3,(H,23,25)(H,21,22,24). The lowest BCUT2D eigenvalue weighted by atomic mass is 10.1. The molecule has 5 nitrogen and oxygen atoms in total. The molecule has 3 rings (SSSR count). The van der Waals surface area contributed by atoms with Crippen LogP contribution in [0, 0.1) is 20.8 Å². The molecule has 2 N–H and O–H groups in total. The summed E-state index contributed by atoms with van der Waals surface area (Å²) in [5, 5.41) is 6.03. The molecule has 5 heteroatoms. The summed E-state index contributed by atoms with van der Waals surface area (Å²) in [7, 11) is 0. The number of nitrogens with one attached hydrogen (secondary N) is 2. The van der Waals surface area contributed by atoms with Gasteiger partial charge in [0.25, 0.3) is 5.91 Å². The Balaban J connectivity index is 1.71. The molecule has 1 heterocycles. The molecule has 0 spiro atoms. The summed E-state index contributed by atoms with van der Waals surface area (Å²) < 4.78 is 0. The van der Waals surface area contributed by atoms with Crippen molar-refractivity contribution in [1.29, 1.82) is 0 Å². The molecule has 0 saturated heterocycles. The molecule has 0 radical (unpaired) electrons. The number of para-hydroxylation sites is 1. The van der Waals surface area contributed by atoms with Gasteiger partial charge < -0.3 is 10.6 Å². The third-order valence-corrected chi connectivity index (χ3v) is 3.79. The number of aryl methyl sites for hydroxylation is 3. The van der Waals surface area contributed by atoms with Gasteiger partial charge in [-0.25, -0.2) is 9.97 Å². The highest BCUT2D eigenvalue weighted by Crippen LogP contribution is 2.18. The number of aromatic nitrogens is 2. The van der Waals surface area contributed by atoms with Crippen LogP contribution < -0.4 is 10.6 Å². The van der Waals surface area contributed by atoms with Crippen molar-refractivity contribution in [3.63, 3.8) is 0 Å². The third kappa shape index (κ3) is 4.20. The van der Waals surface area contributed by atoms with Crippen molar-refractivity contribution in [3.8, 4) is 0 Å². The molecular weight excluding hydrogens is 312 g/mol. The van der Waals surface area contributed by atoms with E-state index in [1.807, 2.05) is 57.2 Å². The Morgan fingerprint density at radius 1 is 0.920 bits per heavy atom. The minimum absolute atomic E-state index is 0.229. The summed E-state index contributed by atoms with van der Waals surface area (Å²) in [5.41, 5.74) is 5.42. The maximum Gasteiger partial charge on any atom is 0.258 e. The molecular formula is C20H20N4O. The van der Waals surface area contributed by atoms with Crippen molar-refractivity contribution in [2.45, 2.75) is 20.8 Å². The van der Waals surface area contributed by atoms with E-state index in [-0.39, 0.29) is 5.91 Å². The van der Waals surface area contributed by atoms with Gasteiger partial charge in [-0.05, 0) is 55.7 Å². The van der Waals surface area contributed by atoms with Gasteiger partial charge in [0.2, 0.25) is 5.95 Å². The lowest BCUT2D eigenvalue weighted by Gasteiger charge is -2.09. The fourth-order valence-electron chi connectivity index (χ4n) is 2.59. The van der Waals surface area contributed by atoms with Crippen molar-refractivity contribution in [3.05, 3.63) is 77.1 Å². The Bertz CT molecular complexity index is 884. The van der Waals surface area contributed by atoms with E-state index < -0.39 is 0 Å². The third-order valence-electron chi connectivity index (χ3n) is 3.79. The van der Waals surface area contributed by atoms with Crippen LogP contribution in [-0.2, 0) is 0 Å². The first kappa shape index (κ1) is 16.6. The predicted octanol–water partition coefficient (Wildman–Crippen LogP) is 4.40. The zero-order chi connectivity index (χ0) is 17.8. The second kappa shape index (κ2) is 7.13. The summed E-state index contributed by atoms with van der Waals surface area (Å²) in [6.45, 7) is 6.00. The van der Waals surface area contributed by atoms with Gasteiger partial charge in [-0.2, -0.15) is 0 Å². The quantitative estimate of drug-likeness (QED) is 0.743. The number of carbonyl (C=O) groups is 1. The van der Waals surface area contributed by atoms with E-state index in [1.165, 1.54) is 12.4 Å². The zero-order valence-corrected chi connectivity index (χ0v) is 14.5. The van der Waals surface area contributed by atoms with Gasteiger partial charge in [-0.3, -0.25) is 4.79 Å². The highest BCUT2D eigenvalue weighted by molar-refractivity contribution is 6.04. The summed E-state index contributed by atoms with van der Waals surface area (Å²) >= 11 is 0. The van der Waals surface area contributed by atoms with Gasteiger partial charge in [0.05, 0.1) is 5.56 Å². The van der Waals surface area contributed by atoms with Crippen LogP contribution in [0.3, 0.4) is 0 Å². The summed E-state index contributed by atoms with van der Waals surface area (Å²) in [5.74, 6) is 0.227. The minimum Gasteiger partial charge on any atom is -0.324 e. The Labute approximate surface area is 147 Å². The van der Waals surface area contributed by atoms with Crippen LogP contribution in [-0.4, -0.2) is 15.9 Å². The molecule has 1 amide bonds. The predicted molar refractivity (Wildman–Crippen MR) is 100 cm³/mol. The number of benzene rings is 2. The maximum atomic E-state index is 12.3. The lowest BCUT2D eigenvalue weighted by Crippen LogP contribution is -2.13. The van der Waals surface area contributed by atoms with Crippen LogP contribution in [0.25, 0.3) is 0 Å². The van der Waals surface area contributed by atoms with Crippen LogP contribution in [0.5, 0.6) is 0 Å². The number of anilines is 3.